The Kier molecular flexibility index (Phi) is 8.15. The number of ether oxygens (including phenoxy) is 1. The lowest BCUT2D eigenvalue weighted by Gasteiger charge is -2.35. The number of likely N-dealkylation sites (tertiary alicyclic amines) is 1. The van der Waals surface area contributed by atoms with Gasteiger partial charge in [-0.3, -0.25) is 14.4 Å². The fourth-order valence-electron chi connectivity index (χ4n) is 4.29. The molecular formula is C25H33FN4O4S. The first-order chi connectivity index (χ1) is 16.4. The molecule has 1 fully saturated rings. The van der Waals surface area contributed by atoms with Gasteiger partial charge in [-0.05, 0) is 37.3 Å². The van der Waals surface area contributed by atoms with Crippen LogP contribution in [-0.2, 0) is 20.9 Å². The summed E-state index contributed by atoms with van der Waals surface area (Å²) >= 11 is 1.42. The number of aryl methyl sites for hydroxylation is 1. The van der Waals surface area contributed by atoms with Gasteiger partial charge in [0.25, 0.3) is 0 Å². The molecule has 0 bridgehead atoms. The smallest absolute Gasteiger partial charge is 0.246 e. The number of methoxy groups -OCH3 is 1. The van der Waals surface area contributed by atoms with Crippen LogP contribution in [0.1, 0.15) is 51.8 Å². The van der Waals surface area contributed by atoms with Gasteiger partial charge in [-0.25, -0.2) is 9.37 Å². The second-order valence-corrected chi connectivity index (χ2v) is 10.7. The first kappa shape index (κ1) is 26.6. The summed E-state index contributed by atoms with van der Waals surface area (Å²) in [5, 5.41) is 5.50. The average molecular weight is 505 g/mol. The number of hydrogen-bond donors (Lipinski definition) is 2. The summed E-state index contributed by atoms with van der Waals surface area (Å²) in [6, 6.07) is 1.71. The number of carbonyl (C=O) groups is 3. The zero-order valence-corrected chi connectivity index (χ0v) is 21.8. The highest BCUT2D eigenvalue weighted by atomic mass is 32.1. The summed E-state index contributed by atoms with van der Waals surface area (Å²) in [6.45, 7) is 9.15. The van der Waals surface area contributed by atoms with E-state index in [2.05, 4.69) is 15.6 Å². The van der Waals surface area contributed by atoms with Gasteiger partial charge in [0.05, 0.1) is 23.2 Å². The lowest BCUT2D eigenvalue weighted by Crippen LogP contribution is -2.57. The molecule has 10 heteroatoms. The highest BCUT2D eigenvalue weighted by Crippen LogP contribution is 2.34. The Morgan fingerprint density at radius 2 is 2.03 bits per heavy atom. The predicted octanol–water partition coefficient (Wildman–Crippen LogP) is 3.42. The number of thiazole rings is 1. The molecule has 190 valence electrons. The second-order valence-electron chi connectivity index (χ2n) is 9.81. The van der Waals surface area contributed by atoms with Crippen molar-refractivity contribution in [1.82, 2.24) is 20.5 Å². The van der Waals surface area contributed by atoms with E-state index in [0.29, 0.717) is 30.7 Å². The van der Waals surface area contributed by atoms with Crippen LogP contribution >= 0.6 is 11.3 Å². The van der Waals surface area contributed by atoms with E-state index in [1.54, 1.807) is 11.6 Å². The molecule has 3 amide bonds. The minimum atomic E-state index is -0.756. The second kappa shape index (κ2) is 10.7. The third-order valence-electron chi connectivity index (χ3n) is 6.12. The fraction of sp³-hybridized carbons (Fsp3) is 0.520. The Bertz CT molecular complexity index is 1110. The highest BCUT2D eigenvalue weighted by Gasteiger charge is 2.41. The predicted molar refractivity (Wildman–Crippen MR) is 132 cm³/mol. The van der Waals surface area contributed by atoms with E-state index in [1.165, 1.54) is 36.3 Å². The molecule has 1 aliphatic heterocycles. The number of nitrogens with one attached hydrogen (secondary N) is 2. The van der Waals surface area contributed by atoms with Crippen LogP contribution < -0.4 is 15.4 Å². The van der Waals surface area contributed by atoms with Crippen LogP contribution in [0.3, 0.4) is 0 Å². The number of benzene rings is 1. The van der Waals surface area contributed by atoms with Crippen molar-refractivity contribution < 1.29 is 23.5 Å². The minimum Gasteiger partial charge on any atom is -0.496 e. The maximum atomic E-state index is 15.1. The molecule has 0 radical (unpaired) electrons. The molecule has 2 heterocycles. The molecular weight excluding hydrogens is 471 g/mol. The zero-order valence-electron chi connectivity index (χ0n) is 21.0. The molecule has 2 N–H and O–H groups in total. The number of amides is 3. The molecule has 1 aromatic heterocycles. The van der Waals surface area contributed by atoms with Crippen molar-refractivity contribution >= 4 is 29.1 Å². The number of carbonyl (C=O) groups excluding carboxylic acids is 3. The van der Waals surface area contributed by atoms with Crippen molar-refractivity contribution in [2.45, 2.75) is 66.1 Å². The molecule has 0 saturated carbocycles. The molecule has 1 saturated heterocycles. The summed E-state index contributed by atoms with van der Waals surface area (Å²) < 4.78 is 20.5. The molecule has 0 spiro atoms. The van der Waals surface area contributed by atoms with Gasteiger partial charge in [-0.1, -0.05) is 20.8 Å². The monoisotopic (exact) mass is 504 g/mol. The molecule has 3 rings (SSSR count). The van der Waals surface area contributed by atoms with Crippen molar-refractivity contribution in [3.8, 4) is 16.2 Å². The topological polar surface area (TPSA) is 101 Å². The summed E-state index contributed by atoms with van der Waals surface area (Å²) in [5.41, 5.74) is 2.87. The Hall–Kier alpha value is -3.01. The van der Waals surface area contributed by atoms with E-state index in [9.17, 15) is 14.4 Å². The van der Waals surface area contributed by atoms with Gasteiger partial charge in [0.1, 0.15) is 23.7 Å². The number of rotatable bonds is 7. The summed E-state index contributed by atoms with van der Waals surface area (Å²) in [4.78, 5) is 44.6. The standard InChI is InChI=1S/C25H33FN4O4S/c1-14-21(35-13-28-14)16-10-18(26)17(20(11-16)34-6)12-27-23(32)19-8-7-9-30(19)24(33)22(25(3,4)5)29-15(2)31/h10-11,13,19,22H,7-9,12H2,1-6H3,(H,27,32)(H,29,31)/t19-,22+/m0/s1. The van der Waals surface area contributed by atoms with Gasteiger partial charge >= 0.3 is 0 Å². The van der Waals surface area contributed by atoms with Crippen LogP contribution in [0, 0.1) is 18.2 Å². The van der Waals surface area contributed by atoms with Gasteiger partial charge in [-0.2, -0.15) is 0 Å². The number of nitrogens with zero attached hydrogens (tertiary/aromatic N) is 2. The molecule has 1 aromatic carbocycles. The summed E-state index contributed by atoms with van der Waals surface area (Å²) in [6.07, 6.45) is 1.17. The Morgan fingerprint density at radius 3 is 2.60 bits per heavy atom. The minimum absolute atomic E-state index is 0.0806. The van der Waals surface area contributed by atoms with Crippen LogP contribution in [0.4, 0.5) is 4.39 Å². The van der Waals surface area contributed by atoms with E-state index in [4.69, 9.17) is 4.74 Å². The van der Waals surface area contributed by atoms with Crippen LogP contribution in [0.2, 0.25) is 0 Å². The molecule has 2 aromatic rings. The third-order valence-corrected chi connectivity index (χ3v) is 7.10. The highest BCUT2D eigenvalue weighted by molar-refractivity contribution is 7.13. The number of hydrogen-bond acceptors (Lipinski definition) is 6. The average Bonchev–Trinajstić information content (AvgIpc) is 3.43. The van der Waals surface area contributed by atoms with Crippen LogP contribution in [0.5, 0.6) is 5.75 Å². The van der Waals surface area contributed by atoms with Crippen molar-refractivity contribution in [1.29, 1.82) is 0 Å². The molecule has 0 aliphatic carbocycles. The van der Waals surface area contributed by atoms with Gasteiger partial charge in [0.2, 0.25) is 17.7 Å². The quantitative estimate of drug-likeness (QED) is 0.602. The molecule has 2 atom stereocenters. The van der Waals surface area contributed by atoms with Gasteiger partial charge in [0, 0.05) is 31.1 Å². The van der Waals surface area contributed by atoms with E-state index < -0.39 is 23.3 Å². The number of aromatic nitrogens is 1. The normalized spacial score (nSPS) is 16.7. The Balaban J connectivity index is 1.76. The summed E-state index contributed by atoms with van der Waals surface area (Å²) in [7, 11) is 1.45. The van der Waals surface area contributed by atoms with Crippen LogP contribution in [0.15, 0.2) is 17.6 Å². The Labute approximate surface area is 209 Å². The van der Waals surface area contributed by atoms with Crippen molar-refractivity contribution in [2.24, 2.45) is 5.41 Å². The summed E-state index contributed by atoms with van der Waals surface area (Å²) in [5.74, 6) is -1.14. The van der Waals surface area contributed by atoms with Gasteiger partial charge in [0.15, 0.2) is 0 Å². The van der Waals surface area contributed by atoms with E-state index in [-0.39, 0.29) is 29.8 Å². The maximum Gasteiger partial charge on any atom is 0.246 e. The van der Waals surface area contributed by atoms with Crippen molar-refractivity contribution in [3.63, 3.8) is 0 Å². The lowest BCUT2D eigenvalue weighted by atomic mass is 9.85. The number of halogens is 1. The molecule has 1 aliphatic rings. The van der Waals surface area contributed by atoms with Crippen molar-refractivity contribution in [2.75, 3.05) is 13.7 Å². The van der Waals surface area contributed by atoms with Crippen LogP contribution in [0.25, 0.3) is 10.4 Å². The van der Waals surface area contributed by atoms with Crippen molar-refractivity contribution in [3.05, 3.63) is 34.7 Å². The van der Waals surface area contributed by atoms with E-state index in [1.807, 2.05) is 27.7 Å². The molecule has 0 unspecified atom stereocenters. The first-order valence-corrected chi connectivity index (χ1v) is 12.4. The lowest BCUT2D eigenvalue weighted by molar-refractivity contribution is -0.143. The fourth-order valence-corrected chi connectivity index (χ4v) is 5.08. The largest absolute Gasteiger partial charge is 0.496 e. The van der Waals surface area contributed by atoms with E-state index >= 15 is 4.39 Å². The maximum absolute atomic E-state index is 15.1. The van der Waals surface area contributed by atoms with Crippen LogP contribution in [-0.4, -0.2) is 53.3 Å². The van der Waals surface area contributed by atoms with Gasteiger partial charge < -0.3 is 20.3 Å². The molecule has 35 heavy (non-hydrogen) atoms. The molecule has 8 nitrogen and oxygen atoms in total. The van der Waals surface area contributed by atoms with Gasteiger partial charge in [-0.15, -0.1) is 11.3 Å². The third kappa shape index (κ3) is 5.98. The zero-order chi connectivity index (χ0) is 25.9. The first-order valence-electron chi connectivity index (χ1n) is 11.6. The van der Waals surface area contributed by atoms with E-state index in [0.717, 1.165) is 10.6 Å². The Morgan fingerprint density at radius 1 is 1.31 bits per heavy atom. The SMILES string of the molecule is COc1cc(-c2scnc2C)cc(F)c1CNC(=O)[C@@H]1CCCN1C(=O)[C@@H](NC(C)=O)C(C)(C)C.